The monoisotopic (exact) mass is 165 g/mol. The third-order valence-corrected chi connectivity index (χ3v) is 1.23. The highest BCUT2D eigenvalue weighted by molar-refractivity contribution is 6.21. The Morgan fingerprint density at radius 1 is 1.42 bits per heavy atom. The SMILES string of the molecule is Nc1ccccc1OC(=O)C=O. The Labute approximate surface area is 68.9 Å². The topological polar surface area (TPSA) is 69.4 Å². The number of rotatable bonds is 2. The molecule has 2 N–H and O–H groups in total. The van der Waals surface area contributed by atoms with E-state index in [1.165, 1.54) is 6.07 Å². The van der Waals surface area contributed by atoms with E-state index in [-0.39, 0.29) is 12.0 Å². The highest BCUT2D eigenvalue weighted by atomic mass is 16.5. The number of anilines is 1. The fourth-order valence-electron chi connectivity index (χ4n) is 0.706. The van der Waals surface area contributed by atoms with Gasteiger partial charge in [0.15, 0.2) is 5.75 Å². The first kappa shape index (κ1) is 8.26. The first-order chi connectivity index (χ1) is 5.74. The van der Waals surface area contributed by atoms with Crippen molar-refractivity contribution in [1.29, 1.82) is 0 Å². The largest absolute Gasteiger partial charge is 0.419 e. The van der Waals surface area contributed by atoms with Crippen molar-refractivity contribution in [3.05, 3.63) is 24.3 Å². The fourth-order valence-corrected chi connectivity index (χ4v) is 0.706. The van der Waals surface area contributed by atoms with Crippen LogP contribution >= 0.6 is 0 Å². The molecule has 0 aliphatic rings. The number of para-hydroxylation sites is 2. The van der Waals surface area contributed by atoms with Crippen LogP contribution in [0, 0.1) is 0 Å². The summed E-state index contributed by atoms with van der Waals surface area (Å²) in [5.41, 5.74) is 5.76. The number of nitrogen functional groups attached to an aromatic ring is 1. The van der Waals surface area contributed by atoms with Crippen molar-refractivity contribution >= 4 is 17.9 Å². The molecule has 0 saturated carbocycles. The van der Waals surface area contributed by atoms with E-state index in [1.54, 1.807) is 18.2 Å². The summed E-state index contributed by atoms with van der Waals surface area (Å²) in [6.07, 6.45) is 0.0897. The lowest BCUT2D eigenvalue weighted by Crippen LogP contribution is -2.09. The van der Waals surface area contributed by atoms with E-state index >= 15 is 0 Å². The summed E-state index contributed by atoms with van der Waals surface area (Å²) in [5.74, 6) is -0.748. The molecule has 1 aromatic rings. The molecule has 0 atom stereocenters. The second-order valence-corrected chi connectivity index (χ2v) is 2.08. The van der Waals surface area contributed by atoms with E-state index < -0.39 is 5.97 Å². The summed E-state index contributed by atoms with van der Waals surface area (Å²) < 4.78 is 4.56. The van der Waals surface area contributed by atoms with Crippen molar-refractivity contribution in [2.75, 3.05) is 5.73 Å². The van der Waals surface area contributed by atoms with Crippen molar-refractivity contribution in [1.82, 2.24) is 0 Å². The zero-order chi connectivity index (χ0) is 8.97. The maximum Gasteiger partial charge on any atom is 0.376 e. The highest BCUT2D eigenvalue weighted by Crippen LogP contribution is 2.19. The van der Waals surface area contributed by atoms with Gasteiger partial charge in [0.25, 0.3) is 0 Å². The first-order valence-corrected chi connectivity index (χ1v) is 3.25. The van der Waals surface area contributed by atoms with Gasteiger partial charge in [-0.05, 0) is 12.1 Å². The van der Waals surface area contributed by atoms with Crippen LogP contribution in [0.5, 0.6) is 5.75 Å². The number of hydrogen-bond acceptors (Lipinski definition) is 4. The number of esters is 1. The summed E-state index contributed by atoms with van der Waals surface area (Å²) in [4.78, 5) is 20.4. The quantitative estimate of drug-likeness (QED) is 0.226. The van der Waals surface area contributed by atoms with Crippen LogP contribution in [0.2, 0.25) is 0 Å². The van der Waals surface area contributed by atoms with Gasteiger partial charge in [0, 0.05) is 0 Å². The maximum atomic E-state index is 10.5. The first-order valence-electron chi connectivity index (χ1n) is 3.25. The second-order valence-electron chi connectivity index (χ2n) is 2.08. The molecular weight excluding hydrogens is 158 g/mol. The lowest BCUT2D eigenvalue weighted by molar-refractivity contribution is -0.141. The van der Waals surface area contributed by atoms with E-state index in [0.717, 1.165) is 0 Å². The van der Waals surface area contributed by atoms with E-state index in [1.807, 2.05) is 0 Å². The van der Waals surface area contributed by atoms with Crippen molar-refractivity contribution in [2.45, 2.75) is 0 Å². The molecule has 0 fully saturated rings. The molecule has 0 spiro atoms. The Morgan fingerprint density at radius 3 is 2.67 bits per heavy atom. The molecule has 0 aromatic heterocycles. The van der Waals surface area contributed by atoms with Crippen LogP contribution in [0.4, 0.5) is 5.69 Å². The molecule has 0 aliphatic heterocycles. The third-order valence-electron chi connectivity index (χ3n) is 1.23. The third kappa shape index (κ3) is 1.82. The predicted molar refractivity (Wildman–Crippen MR) is 42.6 cm³/mol. The van der Waals surface area contributed by atoms with Crippen LogP contribution < -0.4 is 10.5 Å². The smallest absolute Gasteiger partial charge is 0.376 e. The Bertz CT molecular complexity index is 309. The van der Waals surface area contributed by atoms with Crippen LogP contribution in [-0.2, 0) is 9.59 Å². The lowest BCUT2D eigenvalue weighted by Gasteiger charge is -2.01. The van der Waals surface area contributed by atoms with E-state index in [0.29, 0.717) is 5.69 Å². The molecule has 0 unspecified atom stereocenters. The summed E-state index contributed by atoms with van der Waals surface area (Å²) in [6.45, 7) is 0. The zero-order valence-corrected chi connectivity index (χ0v) is 6.19. The number of hydrogen-bond donors (Lipinski definition) is 1. The van der Waals surface area contributed by atoms with Crippen LogP contribution in [0.25, 0.3) is 0 Å². The van der Waals surface area contributed by atoms with Gasteiger partial charge in [-0.3, -0.25) is 4.79 Å². The standard InChI is InChI=1S/C8H7NO3/c9-6-3-1-2-4-7(6)12-8(11)5-10/h1-5H,9H2. The molecule has 0 radical (unpaired) electrons. The Kier molecular flexibility index (Phi) is 2.42. The molecular formula is C8H7NO3. The minimum atomic E-state index is -0.951. The van der Waals surface area contributed by atoms with Crippen LogP contribution in [0.15, 0.2) is 24.3 Å². The molecule has 0 saturated heterocycles. The van der Waals surface area contributed by atoms with Crippen LogP contribution in [-0.4, -0.2) is 12.3 Å². The normalized spacial score (nSPS) is 9.00. The van der Waals surface area contributed by atoms with Crippen molar-refractivity contribution in [2.24, 2.45) is 0 Å². The number of carbonyl (C=O) groups is 2. The van der Waals surface area contributed by atoms with Gasteiger partial charge in [-0.15, -0.1) is 0 Å². The number of benzene rings is 1. The summed E-state index contributed by atoms with van der Waals surface area (Å²) in [7, 11) is 0. The van der Waals surface area contributed by atoms with Gasteiger partial charge in [-0.25, -0.2) is 4.79 Å². The van der Waals surface area contributed by atoms with Crippen molar-refractivity contribution in [3.63, 3.8) is 0 Å². The molecule has 1 rings (SSSR count). The van der Waals surface area contributed by atoms with Crippen LogP contribution in [0.1, 0.15) is 0 Å². The average Bonchev–Trinajstić information content (AvgIpc) is 2.09. The Balaban J connectivity index is 2.82. The van der Waals surface area contributed by atoms with E-state index in [4.69, 9.17) is 5.73 Å². The zero-order valence-electron chi connectivity index (χ0n) is 6.19. The number of aldehydes is 1. The number of nitrogens with two attached hydrogens (primary N) is 1. The molecule has 4 nitrogen and oxygen atoms in total. The molecule has 62 valence electrons. The van der Waals surface area contributed by atoms with Crippen LogP contribution in [0.3, 0.4) is 0 Å². The summed E-state index contributed by atoms with van der Waals surface area (Å²) in [6, 6.07) is 6.45. The van der Waals surface area contributed by atoms with Gasteiger partial charge < -0.3 is 10.5 Å². The summed E-state index contributed by atoms with van der Waals surface area (Å²) in [5, 5.41) is 0. The van der Waals surface area contributed by atoms with Crippen molar-refractivity contribution < 1.29 is 14.3 Å². The molecule has 1 aromatic carbocycles. The molecule has 12 heavy (non-hydrogen) atoms. The van der Waals surface area contributed by atoms with Gasteiger partial charge in [0.05, 0.1) is 5.69 Å². The predicted octanol–water partition coefficient (Wildman–Crippen LogP) is 0.373. The number of carbonyl (C=O) groups excluding carboxylic acids is 2. The Hall–Kier alpha value is -1.84. The Morgan fingerprint density at radius 2 is 2.08 bits per heavy atom. The van der Waals surface area contributed by atoms with E-state index in [2.05, 4.69) is 4.74 Å². The van der Waals surface area contributed by atoms with Gasteiger partial charge in [0.1, 0.15) is 0 Å². The molecule has 0 bridgehead atoms. The minimum Gasteiger partial charge on any atom is -0.419 e. The molecule has 0 amide bonds. The second kappa shape index (κ2) is 3.52. The fraction of sp³-hybridized carbons (Fsp3) is 0. The molecule has 0 aliphatic carbocycles. The summed E-state index contributed by atoms with van der Waals surface area (Å²) >= 11 is 0. The van der Waals surface area contributed by atoms with Gasteiger partial charge in [-0.2, -0.15) is 0 Å². The number of ether oxygens (including phenoxy) is 1. The molecule has 0 heterocycles. The van der Waals surface area contributed by atoms with Crippen molar-refractivity contribution in [3.8, 4) is 5.75 Å². The lowest BCUT2D eigenvalue weighted by atomic mass is 10.3. The van der Waals surface area contributed by atoms with Gasteiger partial charge in [0.2, 0.25) is 6.29 Å². The van der Waals surface area contributed by atoms with E-state index in [9.17, 15) is 9.59 Å². The van der Waals surface area contributed by atoms with Gasteiger partial charge >= 0.3 is 5.97 Å². The highest BCUT2D eigenvalue weighted by Gasteiger charge is 2.03. The molecule has 4 heteroatoms. The maximum absolute atomic E-state index is 10.5. The van der Waals surface area contributed by atoms with Gasteiger partial charge in [-0.1, -0.05) is 12.1 Å². The minimum absolute atomic E-state index is 0.0897. The average molecular weight is 165 g/mol.